The Morgan fingerprint density at radius 2 is 1.87 bits per heavy atom. The van der Waals surface area contributed by atoms with Gasteiger partial charge >= 0.3 is 0 Å². The van der Waals surface area contributed by atoms with Crippen molar-refractivity contribution in [3.05, 3.63) is 0 Å². The van der Waals surface area contributed by atoms with Gasteiger partial charge in [-0.25, -0.2) is 0 Å². The van der Waals surface area contributed by atoms with E-state index in [0.717, 1.165) is 26.2 Å². The first kappa shape index (κ1) is 9.60. The number of likely N-dealkylation sites (tertiary alicyclic amines) is 1. The van der Waals surface area contributed by atoms with Crippen LogP contribution in [0.15, 0.2) is 0 Å². The standard InChI is InChI=1S/C11H18N2O2/c14-10(11(15)1-2-11)13-6-8-3-9(7-13)5-12-4-8/h8-9,12,15H,1-7H2. The normalized spacial score (nSPS) is 37.5. The molecule has 2 bridgehead atoms. The van der Waals surface area contributed by atoms with Crippen LogP contribution in [0.25, 0.3) is 0 Å². The number of hydrogen-bond donors (Lipinski definition) is 2. The van der Waals surface area contributed by atoms with Gasteiger partial charge in [0.25, 0.3) is 5.91 Å². The van der Waals surface area contributed by atoms with Gasteiger partial charge in [0.1, 0.15) is 5.60 Å². The Kier molecular flexibility index (Phi) is 2.04. The van der Waals surface area contributed by atoms with Crippen LogP contribution in [0.2, 0.25) is 0 Å². The van der Waals surface area contributed by atoms with Gasteiger partial charge < -0.3 is 15.3 Å². The minimum atomic E-state index is -0.973. The van der Waals surface area contributed by atoms with E-state index in [1.165, 1.54) is 6.42 Å². The summed E-state index contributed by atoms with van der Waals surface area (Å²) in [5.41, 5.74) is -0.973. The molecule has 3 rings (SSSR count). The van der Waals surface area contributed by atoms with Crippen LogP contribution in [-0.4, -0.2) is 47.7 Å². The molecule has 2 N–H and O–H groups in total. The van der Waals surface area contributed by atoms with Gasteiger partial charge in [-0.05, 0) is 44.2 Å². The molecule has 1 amide bonds. The van der Waals surface area contributed by atoms with Crippen LogP contribution in [0.5, 0.6) is 0 Å². The Bertz CT molecular complexity index is 276. The second kappa shape index (κ2) is 3.19. The minimum Gasteiger partial charge on any atom is -0.380 e. The third kappa shape index (κ3) is 1.66. The van der Waals surface area contributed by atoms with Crippen molar-refractivity contribution >= 4 is 5.91 Å². The largest absolute Gasteiger partial charge is 0.380 e. The molecule has 2 heterocycles. The average Bonchev–Trinajstić information content (AvgIpc) is 2.96. The monoisotopic (exact) mass is 210 g/mol. The number of amides is 1. The molecule has 0 aromatic carbocycles. The number of hydrogen-bond acceptors (Lipinski definition) is 3. The van der Waals surface area contributed by atoms with E-state index in [9.17, 15) is 9.90 Å². The highest BCUT2D eigenvalue weighted by Gasteiger charge is 2.51. The lowest BCUT2D eigenvalue weighted by atomic mass is 9.85. The number of nitrogens with one attached hydrogen (secondary N) is 1. The summed E-state index contributed by atoms with van der Waals surface area (Å²) in [6.07, 6.45) is 2.57. The van der Waals surface area contributed by atoms with Crippen LogP contribution < -0.4 is 5.32 Å². The van der Waals surface area contributed by atoms with Gasteiger partial charge in [0.15, 0.2) is 0 Å². The predicted octanol–water partition coefficient (Wildman–Crippen LogP) is -0.421. The summed E-state index contributed by atoms with van der Waals surface area (Å²) in [5, 5.41) is 13.2. The highest BCUT2D eigenvalue weighted by atomic mass is 16.3. The first-order valence-corrected chi connectivity index (χ1v) is 5.90. The van der Waals surface area contributed by atoms with Gasteiger partial charge in [-0.1, -0.05) is 0 Å². The number of nitrogens with zero attached hydrogens (tertiary/aromatic N) is 1. The fraction of sp³-hybridized carbons (Fsp3) is 0.909. The fourth-order valence-corrected chi connectivity index (χ4v) is 2.90. The molecule has 4 heteroatoms. The molecular weight excluding hydrogens is 192 g/mol. The van der Waals surface area contributed by atoms with Crippen LogP contribution in [0, 0.1) is 11.8 Å². The van der Waals surface area contributed by atoms with Gasteiger partial charge in [0.2, 0.25) is 0 Å². The van der Waals surface area contributed by atoms with Crippen LogP contribution in [-0.2, 0) is 4.79 Å². The van der Waals surface area contributed by atoms with Gasteiger partial charge in [-0.15, -0.1) is 0 Å². The van der Waals surface area contributed by atoms with Crippen molar-refractivity contribution in [3.63, 3.8) is 0 Å². The van der Waals surface area contributed by atoms with Crippen molar-refractivity contribution in [1.82, 2.24) is 10.2 Å². The van der Waals surface area contributed by atoms with E-state index in [4.69, 9.17) is 0 Å². The Morgan fingerprint density at radius 1 is 1.27 bits per heavy atom. The second-order valence-electron chi connectivity index (χ2n) is 5.37. The molecule has 0 radical (unpaired) electrons. The maximum atomic E-state index is 12.0. The Labute approximate surface area is 89.6 Å². The van der Waals surface area contributed by atoms with E-state index < -0.39 is 5.60 Å². The molecule has 15 heavy (non-hydrogen) atoms. The molecule has 2 aliphatic heterocycles. The van der Waals surface area contributed by atoms with Crippen LogP contribution in [0.4, 0.5) is 0 Å². The summed E-state index contributed by atoms with van der Waals surface area (Å²) in [5.74, 6) is 1.19. The summed E-state index contributed by atoms with van der Waals surface area (Å²) in [6, 6.07) is 0. The van der Waals surface area contributed by atoms with E-state index in [0.29, 0.717) is 24.7 Å². The van der Waals surface area contributed by atoms with E-state index in [1.807, 2.05) is 4.90 Å². The minimum absolute atomic E-state index is 0.0147. The zero-order chi connectivity index (χ0) is 10.5. The molecule has 4 nitrogen and oxygen atoms in total. The highest BCUT2D eigenvalue weighted by molar-refractivity contribution is 5.87. The van der Waals surface area contributed by atoms with Crippen molar-refractivity contribution in [2.24, 2.45) is 11.8 Å². The zero-order valence-corrected chi connectivity index (χ0v) is 8.91. The lowest BCUT2D eigenvalue weighted by Crippen LogP contribution is -2.55. The number of carbonyl (C=O) groups excluding carboxylic acids is 1. The number of carbonyl (C=O) groups is 1. The smallest absolute Gasteiger partial charge is 0.254 e. The first-order valence-electron chi connectivity index (χ1n) is 5.90. The second-order valence-corrected chi connectivity index (χ2v) is 5.37. The molecule has 1 saturated carbocycles. The molecule has 1 aliphatic carbocycles. The van der Waals surface area contributed by atoms with Crippen LogP contribution >= 0.6 is 0 Å². The zero-order valence-electron chi connectivity index (χ0n) is 8.91. The molecule has 2 unspecified atom stereocenters. The Hall–Kier alpha value is -0.610. The number of rotatable bonds is 1. The van der Waals surface area contributed by atoms with Gasteiger partial charge in [-0.2, -0.15) is 0 Å². The summed E-state index contributed by atoms with van der Waals surface area (Å²) in [7, 11) is 0. The molecule has 0 aromatic rings. The first-order chi connectivity index (χ1) is 7.17. The van der Waals surface area contributed by atoms with Crippen molar-refractivity contribution in [1.29, 1.82) is 0 Å². The van der Waals surface area contributed by atoms with Crippen LogP contribution in [0.1, 0.15) is 19.3 Å². The summed E-state index contributed by atoms with van der Waals surface area (Å²) >= 11 is 0. The SMILES string of the molecule is O=C(N1CC2CNCC(C2)C1)C1(O)CC1. The van der Waals surface area contributed by atoms with Gasteiger partial charge in [0, 0.05) is 13.1 Å². The summed E-state index contributed by atoms with van der Waals surface area (Å²) < 4.78 is 0. The summed E-state index contributed by atoms with van der Waals surface area (Å²) in [4.78, 5) is 13.9. The lowest BCUT2D eigenvalue weighted by Gasteiger charge is -2.42. The summed E-state index contributed by atoms with van der Waals surface area (Å²) in [6.45, 7) is 3.73. The van der Waals surface area contributed by atoms with Crippen molar-refractivity contribution in [2.45, 2.75) is 24.9 Å². The lowest BCUT2D eigenvalue weighted by molar-refractivity contribution is -0.146. The Morgan fingerprint density at radius 3 is 2.40 bits per heavy atom. The van der Waals surface area contributed by atoms with E-state index in [2.05, 4.69) is 5.32 Å². The van der Waals surface area contributed by atoms with Gasteiger partial charge in [-0.3, -0.25) is 4.79 Å². The van der Waals surface area contributed by atoms with E-state index in [1.54, 1.807) is 0 Å². The third-order valence-electron chi connectivity index (χ3n) is 3.90. The maximum Gasteiger partial charge on any atom is 0.254 e. The quantitative estimate of drug-likeness (QED) is 0.618. The average molecular weight is 210 g/mol. The predicted molar refractivity (Wildman–Crippen MR) is 55.2 cm³/mol. The third-order valence-corrected chi connectivity index (χ3v) is 3.90. The van der Waals surface area contributed by atoms with Gasteiger partial charge in [0.05, 0.1) is 0 Å². The number of piperidine rings is 2. The maximum absolute atomic E-state index is 12.0. The molecular formula is C11H18N2O2. The van der Waals surface area contributed by atoms with Crippen molar-refractivity contribution in [3.8, 4) is 0 Å². The van der Waals surface area contributed by atoms with Crippen molar-refractivity contribution in [2.75, 3.05) is 26.2 Å². The number of fused-ring (bicyclic) bond motifs is 2. The fourth-order valence-electron chi connectivity index (χ4n) is 2.90. The molecule has 3 aliphatic rings. The molecule has 0 aromatic heterocycles. The topological polar surface area (TPSA) is 52.6 Å². The van der Waals surface area contributed by atoms with E-state index in [-0.39, 0.29) is 5.91 Å². The van der Waals surface area contributed by atoms with Crippen LogP contribution in [0.3, 0.4) is 0 Å². The Balaban J connectivity index is 1.69. The number of aliphatic hydroxyl groups is 1. The van der Waals surface area contributed by atoms with E-state index >= 15 is 0 Å². The highest BCUT2D eigenvalue weighted by Crippen LogP contribution is 2.38. The molecule has 2 saturated heterocycles. The molecule has 3 fully saturated rings. The van der Waals surface area contributed by atoms with Crippen molar-refractivity contribution < 1.29 is 9.90 Å². The molecule has 84 valence electrons. The molecule has 2 atom stereocenters. The molecule has 0 spiro atoms.